The summed E-state index contributed by atoms with van der Waals surface area (Å²) in [5.74, 6) is -0.358. The summed E-state index contributed by atoms with van der Waals surface area (Å²) in [6, 6.07) is 0. The van der Waals surface area contributed by atoms with Crippen LogP contribution in [0.5, 0.6) is 0 Å². The average molecular weight is 754 g/mol. The number of phosphoric ester groups is 1. The highest BCUT2D eigenvalue weighted by atomic mass is 31.2. The van der Waals surface area contributed by atoms with Crippen LogP contribution in [-0.2, 0) is 27.9 Å². The largest absolute Gasteiger partial charge is 0.756 e. The van der Waals surface area contributed by atoms with Crippen LogP contribution >= 0.6 is 7.82 Å². The van der Waals surface area contributed by atoms with Crippen molar-refractivity contribution in [2.45, 2.75) is 168 Å². The van der Waals surface area contributed by atoms with Crippen molar-refractivity contribution in [3.8, 4) is 0 Å². The molecule has 0 saturated carbocycles. The second-order valence-corrected chi connectivity index (χ2v) is 16.4. The van der Waals surface area contributed by atoms with Gasteiger partial charge in [-0.05, 0) is 51.4 Å². The number of rotatable bonds is 38. The summed E-state index contributed by atoms with van der Waals surface area (Å²) < 4.78 is 34.5. The summed E-state index contributed by atoms with van der Waals surface area (Å²) in [4.78, 5) is 25.0. The summed E-state index contributed by atoms with van der Waals surface area (Å²) in [7, 11) is 1.34. The van der Waals surface area contributed by atoms with Gasteiger partial charge in [-0.3, -0.25) is 9.36 Å². The minimum Gasteiger partial charge on any atom is -0.756 e. The van der Waals surface area contributed by atoms with Crippen LogP contribution in [0.3, 0.4) is 0 Å². The van der Waals surface area contributed by atoms with Gasteiger partial charge in [0.2, 0.25) is 0 Å². The van der Waals surface area contributed by atoms with Crippen molar-refractivity contribution < 1.29 is 37.3 Å². The van der Waals surface area contributed by atoms with Crippen LogP contribution in [0.2, 0.25) is 0 Å². The molecule has 0 rings (SSSR count). The topological polar surface area (TPSA) is 94.1 Å². The van der Waals surface area contributed by atoms with E-state index in [1.54, 1.807) is 0 Å². The van der Waals surface area contributed by atoms with Crippen LogP contribution in [0.15, 0.2) is 48.6 Å². The van der Waals surface area contributed by atoms with Crippen LogP contribution in [-0.4, -0.2) is 70.7 Å². The summed E-state index contributed by atoms with van der Waals surface area (Å²) in [5, 5.41) is 0. The Balaban J connectivity index is 4.31. The zero-order valence-corrected chi connectivity index (χ0v) is 35.1. The molecule has 0 aliphatic rings. The first-order valence-electron chi connectivity index (χ1n) is 20.9. The van der Waals surface area contributed by atoms with Crippen molar-refractivity contribution in [2.24, 2.45) is 0 Å². The third-order valence-electron chi connectivity index (χ3n) is 8.64. The molecule has 0 fully saturated rings. The quantitative estimate of drug-likeness (QED) is 0.0204. The monoisotopic (exact) mass is 754 g/mol. The van der Waals surface area contributed by atoms with E-state index in [2.05, 4.69) is 62.5 Å². The number of unbranched alkanes of at least 4 members (excludes halogenated alkanes) is 16. The van der Waals surface area contributed by atoms with Crippen LogP contribution in [0.25, 0.3) is 0 Å². The van der Waals surface area contributed by atoms with E-state index < -0.39 is 13.9 Å². The minimum atomic E-state index is -4.53. The van der Waals surface area contributed by atoms with Gasteiger partial charge in [0.05, 0.1) is 34.4 Å². The molecule has 0 aliphatic heterocycles. The molecule has 0 radical (unpaired) electrons. The van der Waals surface area contributed by atoms with Crippen molar-refractivity contribution in [2.75, 3.05) is 54.1 Å². The number of carbonyl (C=O) groups is 1. The Hall–Kier alpha value is -1.54. The number of carbonyl (C=O) groups excluding carboxylic acids is 1. The van der Waals surface area contributed by atoms with E-state index in [9.17, 15) is 14.3 Å². The van der Waals surface area contributed by atoms with E-state index in [1.165, 1.54) is 70.6 Å². The Morgan fingerprint density at radius 1 is 0.615 bits per heavy atom. The molecule has 0 aromatic carbocycles. The van der Waals surface area contributed by atoms with Gasteiger partial charge in [-0.15, -0.1) is 0 Å². The lowest BCUT2D eigenvalue weighted by Crippen LogP contribution is -2.37. The van der Waals surface area contributed by atoms with Gasteiger partial charge in [0.1, 0.15) is 19.3 Å². The number of nitrogens with zero attached hydrogens (tertiary/aromatic N) is 1. The smallest absolute Gasteiger partial charge is 0.306 e. The van der Waals surface area contributed by atoms with Crippen molar-refractivity contribution >= 4 is 13.8 Å². The zero-order valence-electron chi connectivity index (χ0n) is 34.2. The molecule has 0 heterocycles. The molecule has 0 spiro atoms. The van der Waals surface area contributed by atoms with Gasteiger partial charge in [-0.1, -0.05) is 152 Å². The molecule has 0 bridgehead atoms. The SMILES string of the molecule is CC/C=C\C/C=C\C/C=C\C/C=C\CCCCCCC(=O)OC(COCCCCCCCCCCCCCCC)COP(=O)([O-])OCC[N+](C)(C)C. The van der Waals surface area contributed by atoms with Gasteiger partial charge < -0.3 is 27.9 Å². The van der Waals surface area contributed by atoms with Gasteiger partial charge >= 0.3 is 5.97 Å². The lowest BCUT2D eigenvalue weighted by Gasteiger charge is -2.28. The minimum absolute atomic E-state index is 0.0204. The molecule has 2 unspecified atom stereocenters. The maximum absolute atomic E-state index is 12.6. The van der Waals surface area contributed by atoms with Crippen LogP contribution in [0.1, 0.15) is 162 Å². The van der Waals surface area contributed by atoms with Gasteiger partial charge in [0.25, 0.3) is 7.82 Å². The van der Waals surface area contributed by atoms with Gasteiger partial charge in [0.15, 0.2) is 0 Å². The fraction of sp³-hybridized carbons (Fsp3) is 0.791. The first-order chi connectivity index (χ1) is 25.1. The van der Waals surface area contributed by atoms with E-state index >= 15 is 0 Å². The second-order valence-electron chi connectivity index (χ2n) is 15.0. The molecule has 0 aromatic heterocycles. The molecule has 0 amide bonds. The van der Waals surface area contributed by atoms with Crippen molar-refractivity contribution in [1.82, 2.24) is 0 Å². The van der Waals surface area contributed by atoms with E-state index in [4.69, 9.17) is 18.5 Å². The van der Waals surface area contributed by atoms with Crippen molar-refractivity contribution in [1.29, 1.82) is 0 Å². The molecule has 0 aliphatic carbocycles. The zero-order chi connectivity index (χ0) is 38.4. The highest BCUT2D eigenvalue weighted by molar-refractivity contribution is 7.45. The fourth-order valence-corrected chi connectivity index (χ4v) is 6.15. The van der Waals surface area contributed by atoms with E-state index in [1.807, 2.05) is 21.1 Å². The summed E-state index contributed by atoms with van der Waals surface area (Å²) >= 11 is 0. The third-order valence-corrected chi connectivity index (χ3v) is 9.61. The number of likely N-dealkylation sites (N-methyl/N-ethyl adjacent to an activating group) is 1. The molecule has 9 heteroatoms. The summed E-state index contributed by atoms with van der Waals surface area (Å²) in [6.45, 7) is 5.26. The maximum atomic E-state index is 12.6. The van der Waals surface area contributed by atoms with Crippen molar-refractivity contribution in [3.63, 3.8) is 0 Å². The maximum Gasteiger partial charge on any atom is 0.306 e. The van der Waals surface area contributed by atoms with Crippen molar-refractivity contribution in [3.05, 3.63) is 48.6 Å². The fourth-order valence-electron chi connectivity index (χ4n) is 5.42. The van der Waals surface area contributed by atoms with Gasteiger partial charge in [-0.25, -0.2) is 0 Å². The molecule has 2 atom stereocenters. The van der Waals surface area contributed by atoms with Gasteiger partial charge in [-0.2, -0.15) is 0 Å². The molecular formula is C43H80NO7P. The Kier molecular flexibility index (Phi) is 35.4. The third kappa shape index (κ3) is 39.7. The number of esters is 1. The van der Waals surface area contributed by atoms with E-state index in [0.29, 0.717) is 17.6 Å². The molecule has 0 aromatic rings. The molecule has 0 N–H and O–H groups in total. The highest BCUT2D eigenvalue weighted by Gasteiger charge is 2.20. The molecule has 8 nitrogen and oxygen atoms in total. The van der Waals surface area contributed by atoms with Gasteiger partial charge in [0, 0.05) is 13.0 Å². The molecule has 0 saturated heterocycles. The number of allylic oxidation sites excluding steroid dienone is 8. The number of quaternary nitrogens is 1. The van der Waals surface area contributed by atoms with Crippen LogP contribution in [0, 0.1) is 0 Å². The predicted molar refractivity (Wildman–Crippen MR) is 217 cm³/mol. The number of hydrogen-bond acceptors (Lipinski definition) is 7. The Morgan fingerprint density at radius 3 is 1.67 bits per heavy atom. The number of hydrogen-bond donors (Lipinski definition) is 0. The van der Waals surface area contributed by atoms with E-state index in [0.717, 1.165) is 70.6 Å². The summed E-state index contributed by atoms with van der Waals surface area (Å²) in [5.41, 5.74) is 0. The molecule has 304 valence electrons. The summed E-state index contributed by atoms with van der Waals surface area (Å²) in [6.07, 6.45) is 42.6. The standard InChI is InChI=1S/C43H80NO7P/c1-6-8-10-12-14-16-18-20-21-22-23-24-26-28-30-32-34-36-43(45)51-42(41-50-52(46,47)49-39-37-44(3,4)5)40-48-38-35-33-31-29-27-25-19-17-15-13-11-9-7-2/h8,10,14,16,20-21,23-24,42H,6-7,9,11-13,15,17-19,22,25-41H2,1-5H3/b10-8-,16-14-,21-20-,24-23-. The highest BCUT2D eigenvalue weighted by Crippen LogP contribution is 2.38. The molecular weight excluding hydrogens is 673 g/mol. The Labute approximate surface area is 320 Å². The number of ether oxygens (including phenoxy) is 2. The lowest BCUT2D eigenvalue weighted by atomic mass is 10.0. The lowest BCUT2D eigenvalue weighted by molar-refractivity contribution is -0.870. The van der Waals surface area contributed by atoms with E-state index in [-0.39, 0.29) is 32.2 Å². The first-order valence-corrected chi connectivity index (χ1v) is 22.3. The molecule has 52 heavy (non-hydrogen) atoms. The normalized spacial score (nSPS) is 14.3. The average Bonchev–Trinajstić information content (AvgIpc) is 3.09. The Bertz CT molecular complexity index is 973. The van der Waals surface area contributed by atoms with Crippen LogP contribution in [0.4, 0.5) is 0 Å². The second kappa shape index (κ2) is 36.4. The number of phosphoric acid groups is 1. The predicted octanol–water partition coefficient (Wildman–Crippen LogP) is 11.4. The van der Waals surface area contributed by atoms with Crippen LogP contribution < -0.4 is 4.89 Å². The Morgan fingerprint density at radius 2 is 1.12 bits per heavy atom. The first kappa shape index (κ1) is 50.5.